The Bertz CT molecular complexity index is 509. The van der Waals surface area contributed by atoms with E-state index in [4.69, 9.17) is 0 Å². The van der Waals surface area contributed by atoms with Gasteiger partial charge in [-0.05, 0) is 19.4 Å². The molecule has 94 valence electrons. The monoisotopic (exact) mass is 244 g/mol. The van der Waals surface area contributed by atoms with Crippen LogP contribution < -0.4 is 5.46 Å². The van der Waals surface area contributed by atoms with E-state index in [9.17, 15) is 10.0 Å². The Balaban J connectivity index is 2.31. The van der Waals surface area contributed by atoms with E-state index >= 15 is 0 Å². The quantitative estimate of drug-likeness (QED) is 0.779. The first-order valence-corrected chi connectivity index (χ1v) is 6.06. The lowest BCUT2D eigenvalue weighted by Crippen LogP contribution is -2.31. The molecule has 0 aliphatic rings. The maximum atomic E-state index is 9.38. The summed E-state index contributed by atoms with van der Waals surface area (Å²) in [4.78, 5) is 0. The highest BCUT2D eigenvalue weighted by Crippen LogP contribution is 2.09. The molecular weight excluding hydrogens is 227 g/mol. The zero-order chi connectivity index (χ0) is 13.1. The van der Waals surface area contributed by atoms with Crippen LogP contribution in [0.25, 0.3) is 0 Å². The van der Waals surface area contributed by atoms with Crippen molar-refractivity contribution in [2.24, 2.45) is 0 Å². The molecule has 0 aliphatic heterocycles. The van der Waals surface area contributed by atoms with E-state index in [1.54, 1.807) is 10.9 Å². The second-order valence-electron chi connectivity index (χ2n) is 4.64. The van der Waals surface area contributed by atoms with Crippen molar-refractivity contribution in [3.63, 3.8) is 0 Å². The van der Waals surface area contributed by atoms with E-state index in [1.165, 1.54) is 0 Å². The maximum absolute atomic E-state index is 9.38. The van der Waals surface area contributed by atoms with Crippen LogP contribution >= 0.6 is 0 Å². The molecule has 0 saturated heterocycles. The molecular formula is C13H17BN2O2. The summed E-state index contributed by atoms with van der Waals surface area (Å²) in [5.74, 6) is 0. The van der Waals surface area contributed by atoms with Gasteiger partial charge in [-0.1, -0.05) is 30.3 Å². The van der Waals surface area contributed by atoms with E-state index in [1.807, 2.05) is 44.2 Å². The third-order valence-electron chi connectivity index (χ3n) is 2.86. The van der Waals surface area contributed by atoms with E-state index in [0.29, 0.717) is 17.6 Å². The van der Waals surface area contributed by atoms with Crippen molar-refractivity contribution >= 4 is 12.6 Å². The van der Waals surface area contributed by atoms with Gasteiger partial charge in [-0.25, -0.2) is 0 Å². The van der Waals surface area contributed by atoms with Gasteiger partial charge in [0.15, 0.2) is 0 Å². The fourth-order valence-corrected chi connectivity index (χ4v) is 1.85. The molecule has 0 unspecified atom stereocenters. The summed E-state index contributed by atoms with van der Waals surface area (Å²) < 4.78 is 1.76. The molecule has 2 N–H and O–H groups in total. The van der Waals surface area contributed by atoms with Crippen LogP contribution in [0.1, 0.15) is 31.1 Å². The molecule has 0 amide bonds. The molecule has 2 rings (SSSR count). The fourth-order valence-electron chi connectivity index (χ4n) is 1.85. The third kappa shape index (κ3) is 2.80. The van der Waals surface area contributed by atoms with Gasteiger partial charge in [0.25, 0.3) is 0 Å². The van der Waals surface area contributed by atoms with Gasteiger partial charge in [-0.2, -0.15) is 5.10 Å². The normalized spacial score (nSPS) is 10.9. The molecule has 0 radical (unpaired) electrons. The van der Waals surface area contributed by atoms with Gasteiger partial charge < -0.3 is 10.0 Å². The number of benzene rings is 1. The standard InChI is InChI=1S/C13H17BN2O2/c1-10(2)16-9-12(14(17)18)13(15-16)8-11-6-4-3-5-7-11/h3-7,9-10,17-18H,8H2,1-2H3. The van der Waals surface area contributed by atoms with Gasteiger partial charge in [0, 0.05) is 24.1 Å². The van der Waals surface area contributed by atoms with Gasteiger partial charge in [0.05, 0.1) is 5.69 Å². The second kappa shape index (κ2) is 5.37. The van der Waals surface area contributed by atoms with E-state index in [2.05, 4.69) is 5.10 Å². The summed E-state index contributed by atoms with van der Waals surface area (Å²) >= 11 is 0. The highest BCUT2D eigenvalue weighted by molar-refractivity contribution is 6.59. The SMILES string of the molecule is CC(C)n1cc(B(O)O)c(Cc2ccccc2)n1. The van der Waals surface area contributed by atoms with Gasteiger partial charge in [-0.3, -0.25) is 4.68 Å². The third-order valence-corrected chi connectivity index (χ3v) is 2.86. The fraction of sp³-hybridized carbons (Fsp3) is 0.308. The van der Waals surface area contributed by atoms with Crippen LogP contribution in [0, 0.1) is 0 Å². The molecule has 0 saturated carbocycles. The summed E-state index contributed by atoms with van der Waals surface area (Å²) in [6, 6.07) is 10.1. The highest BCUT2D eigenvalue weighted by Gasteiger charge is 2.21. The van der Waals surface area contributed by atoms with Crippen molar-refractivity contribution in [3.8, 4) is 0 Å². The van der Waals surface area contributed by atoms with Crippen molar-refractivity contribution < 1.29 is 10.0 Å². The summed E-state index contributed by atoms with van der Waals surface area (Å²) in [6.07, 6.45) is 2.31. The molecule has 0 spiro atoms. The van der Waals surface area contributed by atoms with Crippen LogP contribution in [0.3, 0.4) is 0 Å². The Morgan fingerprint density at radius 3 is 2.44 bits per heavy atom. The van der Waals surface area contributed by atoms with Crippen molar-refractivity contribution in [1.82, 2.24) is 9.78 Å². The number of rotatable bonds is 4. The molecule has 2 aromatic rings. The predicted octanol–water partition coefficient (Wildman–Crippen LogP) is 0.735. The molecule has 1 aromatic carbocycles. The van der Waals surface area contributed by atoms with Crippen molar-refractivity contribution in [2.75, 3.05) is 0 Å². The average Bonchev–Trinajstić information content (AvgIpc) is 2.74. The molecule has 18 heavy (non-hydrogen) atoms. The van der Waals surface area contributed by atoms with Gasteiger partial charge >= 0.3 is 7.12 Å². The number of hydrogen-bond acceptors (Lipinski definition) is 3. The molecule has 1 aromatic heterocycles. The summed E-state index contributed by atoms with van der Waals surface area (Å²) in [5, 5.41) is 23.2. The minimum Gasteiger partial charge on any atom is -0.423 e. The minimum atomic E-state index is -1.48. The first-order valence-electron chi connectivity index (χ1n) is 6.06. The zero-order valence-corrected chi connectivity index (χ0v) is 10.6. The molecule has 5 heteroatoms. The lowest BCUT2D eigenvalue weighted by molar-refractivity contribution is 0.425. The first-order chi connectivity index (χ1) is 8.58. The Labute approximate surface area is 107 Å². The number of nitrogens with zero attached hydrogens (tertiary/aromatic N) is 2. The number of hydrogen-bond donors (Lipinski definition) is 2. The Morgan fingerprint density at radius 1 is 1.22 bits per heavy atom. The lowest BCUT2D eigenvalue weighted by atomic mass is 9.79. The lowest BCUT2D eigenvalue weighted by Gasteiger charge is -2.03. The zero-order valence-electron chi connectivity index (χ0n) is 10.6. The van der Waals surface area contributed by atoms with Crippen LogP contribution in [0.2, 0.25) is 0 Å². The van der Waals surface area contributed by atoms with Crippen LogP contribution in [0.15, 0.2) is 36.5 Å². The largest absolute Gasteiger partial charge is 0.491 e. The van der Waals surface area contributed by atoms with Gasteiger partial charge in [0.2, 0.25) is 0 Å². The second-order valence-corrected chi connectivity index (χ2v) is 4.64. The Kier molecular flexibility index (Phi) is 3.84. The van der Waals surface area contributed by atoms with Crippen LogP contribution in [-0.2, 0) is 6.42 Å². The summed E-state index contributed by atoms with van der Waals surface area (Å²) in [6.45, 7) is 4.01. The minimum absolute atomic E-state index is 0.201. The van der Waals surface area contributed by atoms with Crippen LogP contribution in [-0.4, -0.2) is 26.9 Å². The first kappa shape index (κ1) is 12.9. The Hall–Kier alpha value is -1.59. The van der Waals surface area contributed by atoms with Crippen molar-refractivity contribution in [1.29, 1.82) is 0 Å². The van der Waals surface area contributed by atoms with Crippen molar-refractivity contribution in [2.45, 2.75) is 26.3 Å². The molecule has 4 nitrogen and oxygen atoms in total. The van der Waals surface area contributed by atoms with Crippen LogP contribution in [0.5, 0.6) is 0 Å². The van der Waals surface area contributed by atoms with E-state index < -0.39 is 7.12 Å². The smallest absolute Gasteiger partial charge is 0.423 e. The summed E-state index contributed by atoms with van der Waals surface area (Å²) in [7, 11) is -1.48. The van der Waals surface area contributed by atoms with E-state index in [-0.39, 0.29) is 6.04 Å². The summed E-state index contributed by atoms with van der Waals surface area (Å²) in [5.41, 5.74) is 2.30. The predicted molar refractivity (Wildman–Crippen MR) is 71.7 cm³/mol. The number of aromatic nitrogens is 2. The van der Waals surface area contributed by atoms with Crippen molar-refractivity contribution in [3.05, 3.63) is 47.8 Å². The molecule has 0 atom stereocenters. The highest BCUT2D eigenvalue weighted by atomic mass is 16.4. The van der Waals surface area contributed by atoms with Gasteiger partial charge in [-0.15, -0.1) is 0 Å². The van der Waals surface area contributed by atoms with Crippen LogP contribution in [0.4, 0.5) is 0 Å². The molecule has 1 heterocycles. The average molecular weight is 244 g/mol. The molecule has 0 aliphatic carbocycles. The topological polar surface area (TPSA) is 58.3 Å². The maximum Gasteiger partial charge on any atom is 0.491 e. The van der Waals surface area contributed by atoms with Gasteiger partial charge in [0.1, 0.15) is 0 Å². The van der Waals surface area contributed by atoms with E-state index in [0.717, 1.165) is 5.56 Å². The molecule has 0 bridgehead atoms. The Morgan fingerprint density at radius 2 is 1.89 bits per heavy atom. The molecule has 0 fully saturated rings.